The van der Waals surface area contributed by atoms with E-state index in [1.165, 1.54) is 35.2 Å². The Labute approximate surface area is 198 Å². The molecule has 0 spiro atoms. The highest BCUT2D eigenvalue weighted by Crippen LogP contribution is 2.36. The van der Waals surface area contributed by atoms with E-state index in [4.69, 9.17) is 4.74 Å². The second-order valence-corrected chi connectivity index (χ2v) is 9.84. The van der Waals surface area contributed by atoms with Crippen LogP contribution in [0.1, 0.15) is 18.2 Å². The Hall–Kier alpha value is -2.95. The van der Waals surface area contributed by atoms with Gasteiger partial charge in [0.25, 0.3) is 0 Å². The van der Waals surface area contributed by atoms with Crippen molar-refractivity contribution in [1.82, 2.24) is 15.2 Å². The molecule has 32 heavy (non-hydrogen) atoms. The van der Waals surface area contributed by atoms with Crippen molar-refractivity contribution in [3.63, 3.8) is 0 Å². The van der Waals surface area contributed by atoms with E-state index in [-0.39, 0.29) is 5.91 Å². The number of thiazole rings is 1. The molecule has 0 atom stereocenters. The average molecular weight is 484 g/mol. The molecule has 0 saturated carbocycles. The largest absolute Gasteiger partial charge is 0.495 e. The van der Waals surface area contributed by atoms with Gasteiger partial charge in [0.05, 0.1) is 18.5 Å². The third-order valence-electron chi connectivity index (χ3n) is 4.42. The summed E-state index contributed by atoms with van der Waals surface area (Å²) in [4.78, 5) is 18.6. The summed E-state index contributed by atoms with van der Waals surface area (Å²) >= 11 is 4.48. The first-order chi connectivity index (χ1) is 15.5. The molecular formula is C22H21N5O2S3. The van der Waals surface area contributed by atoms with Crippen molar-refractivity contribution in [2.45, 2.75) is 23.9 Å². The fourth-order valence-corrected chi connectivity index (χ4v) is 5.55. The van der Waals surface area contributed by atoms with Gasteiger partial charge in [-0.2, -0.15) is 0 Å². The fraction of sp³-hybridized carbons (Fsp3) is 0.182. The Morgan fingerprint density at radius 1 is 1.16 bits per heavy atom. The lowest BCUT2D eigenvalue weighted by Gasteiger charge is -2.20. The standard InChI is InChI=1S/C22H21N5O2S3/c1-14-8-10-16(11-9-14)23-20-25-26-22(32-20)31-13-17-12-30-21(24-17)27(15(2)28)18-6-4-5-7-19(18)29-3/h4-12H,13H2,1-3H3,(H,23,25). The van der Waals surface area contributed by atoms with Crippen LogP contribution < -0.4 is 15.0 Å². The number of hydrogen-bond donors (Lipinski definition) is 1. The highest BCUT2D eigenvalue weighted by molar-refractivity contribution is 8.00. The van der Waals surface area contributed by atoms with Crippen LogP contribution in [-0.4, -0.2) is 28.2 Å². The summed E-state index contributed by atoms with van der Waals surface area (Å²) < 4.78 is 6.27. The smallest absolute Gasteiger partial charge is 0.230 e. The first-order valence-corrected chi connectivity index (χ1v) is 12.4. The van der Waals surface area contributed by atoms with Gasteiger partial charge in [0.1, 0.15) is 5.75 Å². The van der Waals surface area contributed by atoms with Crippen molar-refractivity contribution in [1.29, 1.82) is 0 Å². The number of nitrogens with one attached hydrogen (secondary N) is 1. The quantitative estimate of drug-likeness (QED) is 0.306. The molecule has 164 valence electrons. The minimum absolute atomic E-state index is 0.126. The number of para-hydroxylation sites is 2. The van der Waals surface area contributed by atoms with Crippen molar-refractivity contribution in [3.8, 4) is 5.75 Å². The summed E-state index contributed by atoms with van der Waals surface area (Å²) in [5.41, 5.74) is 3.74. The molecule has 0 fully saturated rings. The molecule has 7 nitrogen and oxygen atoms in total. The number of methoxy groups -OCH3 is 1. The van der Waals surface area contributed by atoms with Crippen molar-refractivity contribution >= 4 is 62.0 Å². The van der Waals surface area contributed by atoms with Crippen LogP contribution >= 0.6 is 34.4 Å². The van der Waals surface area contributed by atoms with Crippen LogP contribution in [0.15, 0.2) is 58.3 Å². The maximum Gasteiger partial charge on any atom is 0.230 e. The van der Waals surface area contributed by atoms with Gasteiger partial charge in [0.2, 0.25) is 11.0 Å². The second kappa shape index (κ2) is 10.1. The lowest BCUT2D eigenvalue weighted by Crippen LogP contribution is -2.23. The third-order valence-corrected chi connectivity index (χ3v) is 7.30. The van der Waals surface area contributed by atoms with E-state index in [1.54, 1.807) is 23.8 Å². The van der Waals surface area contributed by atoms with Crippen LogP contribution in [0.2, 0.25) is 0 Å². The van der Waals surface area contributed by atoms with E-state index >= 15 is 0 Å². The van der Waals surface area contributed by atoms with Gasteiger partial charge in [-0.25, -0.2) is 4.98 Å². The van der Waals surface area contributed by atoms with Crippen LogP contribution in [0.5, 0.6) is 5.75 Å². The molecule has 2 aromatic carbocycles. The first kappa shape index (κ1) is 22.3. The first-order valence-electron chi connectivity index (χ1n) is 9.71. The fourth-order valence-electron chi connectivity index (χ4n) is 2.90. The molecule has 0 unspecified atom stereocenters. The molecule has 0 aliphatic carbocycles. The van der Waals surface area contributed by atoms with E-state index in [2.05, 4.69) is 27.4 Å². The predicted molar refractivity (Wildman–Crippen MR) is 132 cm³/mol. The van der Waals surface area contributed by atoms with Gasteiger partial charge < -0.3 is 10.1 Å². The maximum atomic E-state index is 12.4. The molecule has 0 aliphatic heterocycles. The minimum atomic E-state index is -0.126. The molecule has 2 aromatic heterocycles. The summed E-state index contributed by atoms with van der Waals surface area (Å²) in [7, 11) is 1.59. The van der Waals surface area contributed by atoms with Crippen LogP contribution in [0.4, 0.5) is 21.6 Å². The Morgan fingerprint density at radius 3 is 2.69 bits per heavy atom. The number of rotatable bonds is 8. The number of anilines is 4. The molecule has 4 aromatic rings. The van der Waals surface area contributed by atoms with Crippen molar-refractivity contribution in [2.75, 3.05) is 17.3 Å². The highest BCUT2D eigenvalue weighted by Gasteiger charge is 2.21. The molecule has 0 radical (unpaired) electrons. The zero-order valence-electron chi connectivity index (χ0n) is 17.7. The van der Waals surface area contributed by atoms with Gasteiger partial charge >= 0.3 is 0 Å². The maximum absolute atomic E-state index is 12.4. The van der Waals surface area contributed by atoms with Crippen molar-refractivity contribution in [3.05, 3.63) is 65.2 Å². The topological polar surface area (TPSA) is 80.2 Å². The van der Waals surface area contributed by atoms with Crippen molar-refractivity contribution < 1.29 is 9.53 Å². The third kappa shape index (κ3) is 5.26. The zero-order valence-corrected chi connectivity index (χ0v) is 20.2. The van der Waals surface area contributed by atoms with Gasteiger partial charge in [0, 0.05) is 23.7 Å². The monoisotopic (exact) mass is 483 g/mol. The van der Waals surface area contributed by atoms with Crippen molar-refractivity contribution in [2.24, 2.45) is 0 Å². The molecule has 1 N–H and O–H groups in total. The molecule has 2 heterocycles. The Bertz CT molecular complexity index is 1210. The van der Waals surface area contributed by atoms with Gasteiger partial charge in [-0.3, -0.25) is 9.69 Å². The second-order valence-electron chi connectivity index (χ2n) is 6.80. The molecular weight excluding hydrogens is 462 g/mol. The predicted octanol–water partition coefficient (Wildman–Crippen LogP) is 6.03. The van der Waals surface area contributed by atoms with Gasteiger partial charge in [0.15, 0.2) is 9.47 Å². The zero-order chi connectivity index (χ0) is 22.5. The van der Waals surface area contributed by atoms with E-state index in [1.807, 2.05) is 53.9 Å². The van der Waals surface area contributed by atoms with Crippen LogP contribution in [-0.2, 0) is 10.5 Å². The van der Waals surface area contributed by atoms with Gasteiger partial charge in [-0.15, -0.1) is 21.5 Å². The number of aromatic nitrogens is 3. The van der Waals surface area contributed by atoms with Crippen LogP contribution in [0.3, 0.4) is 0 Å². The number of benzene rings is 2. The van der Waals surface area contributed by atoms with Crippen LogP contribution in [0.25, 0.3) is 0 Å². The van der Waals surface area contributed by atoms with Gasteiger partial charge in [-0.05, 0) is 31.2 Å². The number of aryl methyl sites for hydroxylation is 1. The number of hydrogen-bond acceptors (Lipinski definition) is 9. The normalized spacial score (nSPS) is 10.7. The van der Waals surface area contributed by atoms with E-state index in [0.29, 0.717) is 22.3 Å². The molecule has 4 rings (SSSR count). The molecule has 1 amide bonds. The Balaban J connectivity index is 1.42. The minimum Gasteiger partial charge on any atom is -0.495 e. The van der Waals surface area contributed by atoms with E-state index in [9.17, 15) is 4.79 Å². The highest BCUT2D eigenvalue weighted by atomic mass is 32.2. The summed E-state index contributed by atoms with van der Waals surface area (Å²) in [5, 5.41) is 15.0. The molecule has 10 heteroatoms. The lowest BCUT2D eigenvalue weighted by atomic mass is 10.2. The lowest BCUT2D eigenvalue weighted by molar-refractivity contribution is -0.115. The number of carbonyl (C=O) groups excluding carboxylic acids is 1. The van der Waals surface area contributed by atoms with E-state index in [0.717, 1.165) is 20.9 Å². The summed E-state index contributed by atoms with van der Waals surface area (Å²) in [6.45, 7) is 3.57. The average Bonchev–Trinajstić information content (AvgIpc) is 3.44. The van der Waals surface area contributed by atoms with E-state index < -0.39 is 0 Å². The SMILES string of the molecule is COc1ccccc1N(C(C)=O)c1nc(CSc2nnc(Nc3ccc(C)cc3)s2)cs1. The number of nitrogens with zero attached hydrogens (tertiary/aromatic N) is 4. The van der Waals surface area contributed by atoms with Gasteiger partial charge in [-0.1, -0.05) is 52.9 Å². The number of thioether (sulfide) groups is 1. The number of carbonyl (C=O) groups is 1. The van der Waals surface area contributed by atoms with Crippen LogP contribution in [0, 0.1) is 6.92 Å². The Kier molecular flexibility index (Phi) is 7.03. The summed E-state index contributed by atoms with van der Waals surface area (Å²) in [5.74, 6) is 1.13. The number of amides is 1. The molecule has 0 saturated heterocycles. The summed E-state index contributed by atoms with van der Waals surface area (Å²) in [6, 6.07) is 15.5. The Morgan fingerprint density at radius 2 is 1.94 bits per heavy atom. The molecule has 0 bridgehead atoms. The number of ether oxygens (including phenoxy) is 1. The summed E-state index contributed by atoms with van der Waals surface area (Å²) in [6.07, 6.45) is 0. The molecule has 0 aliphatic rings.